The van der Waals surface area contributed by atoms with Crippen molar-refractivity contribution in [2.24, 2.45) is 5.92 Å². The number of hydrogen-bond donors (Lipinski definition) is 1. The predicted octanol–water partition coefficient (Wildman–Crippen LogP) is 0.850. The van der Waals surface area contributed by atoms with E-state index in [2.05, 4.69) is 13.8 Å². The number of likely N-dealkylation sites (N-methyl/N-ethyl adjacent to an activating group) is 1. The van der Waals surface area contributed by atoms with Gasteiger partial charge in [-0.2, -0.15) is 0 Å². The van der Waals surface area contributed by atoms with E-state index < -0.39 is 5.97 Å². The Balaban J connectivity index is 4.17. The van der Waals surface area contributed by atoms with Crippen molar-refractivity contribution in [1.29, 1.82) is 0 Å². The zero-order chi connectivity index (χ0) is 14.1. The highest BCUT2D eigenvalue weighted by Gasteiger charge is 2.15. The first-order chi connectivity index (χ1) is 8.32. The van der Waals surface area contributed by atoms with Crippen LogP contribution in [0.1, 0.15) is 13.8 Å². The van der Waals surface area contributed by atoms with Crippen molar-refractivity contribution < 1.29 is 14.7 Å². The molecule has 0 unspecified atom stereocenters. The number of carboxylic acids is 1. The van der Waals surface area contributed by atoms with E-state index in [4.69, 9.17) is 5.11 Å². The molecule has 0 aromatic heterocycles. The SMILES string of the molecule is CC(C)CN(CCN(C)C)C(=O)CSCC(=O)O. The van der Waals surface area contributed by atoms with Gasteiger partial charge in [-0.05, 0) is 20.0 Å². The largest absolute Gasteiger partial charge is 0.481 e. The highest BCUT2D eigenvalue weighted by molar-refractivity contribution is 8.00. The number of carbonyl (C=O) groups excluding carboxylic acids is 1. The molecule has 0 saturated carbocycles. The van der Waals surface area contributed by atoms with Crippen molar-refractivity contribution in [3.05, 3.63) is 0 Å². The van der Waals surface area contributed by atoms with Crippen LogP contribution >= 0.6 is 11.8 Å². The number of hydrogen-bond acceptors (Lipinski definition) is 4. The lowest BCUT2D eigenvalue weighted by atomic mass is 10.2. The van der Waals surface area contributed by atoms with Crippen LogP contribution in [-0.4, -0.2) is 72.0 Å². The number of aliphatic carboxylic acids is 1. The van der Waals surface area contributed by atoms with Crippen LogP contribution in [0.25, 0.3) is 0 Å². The van der Waals surface area contributed by atoms with E-state index in [1.165, 1.54) is 0 Å². The van der Waals surface area contributed by atoms with Gasteiger partial charge in [0.15, 0.2) is 0 Å². The lowest BCUT2D eigenvalue weighted by molar-refractivity contribution is -0.133. The zero-order valence-electron chi connectivity index (χ0n) is 11.7. The molecule has 18 heavy (non-hydrogen) atoms. The van der Waals surface area contributed by atoms with Crippen LogP contribution in [0, 0.1) is 5.92 Å². The fourth-order valence-electron chi connectivity index (χ4n) is 1.40. The molecule has 0 aromatic carbocycles. The summed E-state index contributed by atoms with van der Waals surface area (Å²) in [6.07, 6.45) is 0. The van der Waals surface area contributed by atoms with Crippen LogP contribution in [0.5, 0.6) is 0 Å². The molecule has 5 nitrogen and oxygen atoms in total. The Morgan fingerprint density at radius 1 is 1.17 bits per heavy atom. The second-order valence-corrected chi connectivity index (χ2v) is 5.91. The third kappa shape index (κ3) is 9.30. The summed E-state index contributed by atoms with van der Waals surface area (Å²) in [5, 5.41) is 8.53. The van der Waals surface area contributed by atoms with Gasteiger partial charge in [0.2, 0.25) is 5.91 Å². The predicted molar refractivity (Wildman–Crippen MR) is 74.9 cm³/mol. The van der Waals surface area contributed by atoms with Gasteiger partial charge in [-0.3, -0.25) is 9.59 Å². The van der Waals surface area contributed by atoms with Gasteiger partial charge in [0, 0.05) is 19.6 Å². The van der Waals surface area contributed by atoms with Gasteiger partial charge in [-0.1, -0.05) is 13.8 Å². The van der Waals surface area contributed by atoms with Gasteiger partial charge in [0.05, 0.1) is 11.5 Å². The summed E-state index contributed by atoms with van der Waals surface area (Å²) in [6.45, 7) is 6.38. The average Bonchev–Trinajstić information content (AvgIpc) is 2.22. The van der Waals surface area contributed by atoms with Crippen molar-refractivity contribution in [3.8, 4) is 0 Å². The maximum absolute atomic E-state index is 12.0. The van der Waals surface area contributed by atoms with E-state index in [-0.39, 0.29) is 17.4 Å². The number of nitrogens with zero attached hydrogens (tertiary/aromatic N) is 2. The number of thioether (sulfide) groups is 1. The van der Waals surface area contributed by atoms with Gasteiger partial charge in [-0.15, -0.1) is 11.8 Å². The Kier molecular flexibility index (Phi) is 8.83. The lowest BCUT2D eigenvalue weighted by Gasteiger charge is -2.26. The molecule has 0 heterocycles. The van der Waals surface area contributed by atoms with Crippen LogP contribution in [0.2, 0.25) is 0 Å². The van der Waals surface area contributed by atoms with Gasteiger partial charge in [0.25, 0.3) is 0 Å². The number of amides is 1. The van der Waals surface area contributed by atoms with Crippen molar-refractivity contribution in [2.45, 2.75) is 13.8 Å². The van der Waals surface area contributed by atoms with Gasteiger partial charge in [-0.25, -0.2) is 0 Å². The van der Waals surface area contributed by atoms with Gasteiger partial charge in [0.1, 0.15) is 0 Å². The summed E-state index contributed by atoms with van der Waals surface area (Å²) in [6, 6.07) is 0. The second-order valence-electron chi connectivity index (χ2n) is 4.92. The lowest BCUT2D eigenvalue weighted by Crippen LogP contribution is -2.40. The Hall–Kier alpha value is -0.750. The standard InChI is InChI=1S/C12H24N2O3S/c1-10(2)7-14(6-5-13(3)4)11(15)8-18-9-12(16)17/h10H,5-9H2,1-4H3,(H,16,17). The van der Waals surface area contributed by atoms with Gasteiger partial charge < -0.3 is 14.9 Å². The van der Waals surface area contributed by atoms with Crippen LogP contribution in [0.3, 0.4) is 0 Å². The Morgan fingerprint density at radius 3 is 2.22 bits per heavy atom. The summed E-state index contributed by atoms with van der Waals surface area (Å²) in [7, 11) is 3.94. The van der Waals surface area contributed by atoms with E-state index in [9.17, 15) is 9.59 Å². The van der Waals surface area contributed by atoms with Crippen LogP contribution in [-0.2, 0) is 9.59 Å². The molecule has 6 heteroatoms. The minimum Gasteiger partial charge on any atom is -0.481 e. The fourth-order valence-corrected chi connectivity index (χ4v) is 2.03. The first-order valence-corrected chi connectivity index (χ1v) is 7.20. The Bertz CT molecular complexity index is 270. The molecular weight excluding hydrogens is 252 g/mol. The molecule has 0 aromatic rings. The number of carboxylic acid groups (broad SMARTS) is 1. The average molecular weight is 276 g/mol. The maximum Gasteiger partial charge on any atom is 0.313 e. The molecule has 0 spiro atoms. The van der Waals surface area contributed by atoms with Crippen molar-refractivity contribution in [1.82, 2.24) is 9.80 Å². The van der Waals surface area contributed by atoms with Crippen molar-refractivity contribution in [3.63, 3.8) is 0 Å². The number of carbonyl (C=O) groups is 2. The summed E-state index contributed by atoms with van der Waals surface area (Å²) in [5.41, 5.74) is 0. The molecule has 0 rings (SSSR count). The van der Waals surface area contributed by atoms with Crippen LogP contribution < -0.4 is 0 Å². The zero-order valence-corrected chi connectivity index (χ0v) is 12.5. The number of rotatable bonds is 9. The van der Waals surface area contributed by atoms with Gasteiger partial charge >= 0.3 is 5.97 Å². The monoisotopic (exact) mass is 276 g/mol. The highest BCUT2D eigenvalue weighted by atomic mass is 32.2. The third-order valence-electron chi connectivity index (χ3n) is 2.21. The Labute approximate surface area is 114 Å². The van der Waals surface area contributed by atoms with Crippen molar-refractivity contribution in [2.75, 3.05) is 45.2 Å². The minimum absolute atomic E-state index is 0.0189. The minimum atomic E-state index is -0.878. The smallest absolute Gasteiger partial charge is 0.313 e. The molecule has 0 bridgehead atoms. The highest BCUT2D eigenvalue weighted by Crippen LogP contribution is 2.05. The van der Waals surface area contributed by atoms with E-state index in [1.807, 2.05) is 23.9 Å². The first-order valence-electron chi connectivity index (χ1n) is 6.05. The summed E-state index contributed by atoms with van der Waals surface area (Å²) < 4.78 is 0. The summed E-state index contributed by atoms with van der Waals surface area (Å²) in [5.74, 6) is -0.213. The fraction of sp³-hybridized carbons (Fsp3) is 0.833. The summed E-state index contributed by atoms with van der Waals surface area (Å²) in [4.78, 5) is 26.2. The molecule has 0 radical (unpaired) electrons. The molecule has 0 saturated heterocycles. The molecule has 0 fully saturated rings. The van der Waals surface area contributed by atoms with E-state index in [0.717, 1.165) is 24.9 Å². The van der Waals surface area contributed by atoms with E-state index in [0.29, 0.717) is 12.5 Å². The second kappa shape index (κ2) is 9.22. The third-order valence-corrected chi connectivity index (χ3v) is 3.11. The Morgan fingerprint density at radius 2 is 1.78 bits per heavy atom. The van der Waals surface area contributed by atoms with E-state index in [1.54, 1.807) is 0 Å². The molecule has 1 amide bonds. The summed E-state index contributed by atoms with van der Waals surface area (Å²) >= 11 is 1.15. The molecular formula is C12H24N2O3S. The quantitative estimate of drug-likeness (QED) is 0.676. The normalized spacial score (nSPS) is 11.0. The molecule has 0 atom stereocenters. The molecule has 0 aliphatic heterocycles. The molecule has 0 aliphatic rings. The van der Waals surface area contributed by atoms with Crippen LogP contribution in [0.4, 0.5) is 0 Å². The molecule has 106 valence electrons. The maximum atomic E-state index is 12.0. The van der Waals surface area contributed by atoms with Crippen molar-refractivity contribution >= 4 is 23.6 Å². The van der Waals surface area contributed by atoms with Crippen LogP contribution in [0.15, 0.2) is 0 Å². The molecule has 0 aliphatic carbocycles. The molecule has 1 N–H and O–H groups in total. The first kappa shape index (κ1) is 17.2. The topological polar surface area (TPSA) is 60.9 Å². The van der Waals surface area contributed by atoms with E-state index >= 15 is 0 Å².